The number of carbonyl (C=O) groups excluding carboxylic acids is 1. The lowest BCUT2D eigenvalue weighted by Gasteiger charge is -2.09. The summed E-state index contributed by atoms with van der Waals surface area (Å²) in [6.45, 7) is 2.33. The SMILES string of the molecule is CCOC(=O)Cn1c(-c2ccc(Br)cc2)nc2ccccc21. The van der Waals surface area contributed by atoms with Gasteiger partial charge in [-0.25, -0.2) is 4.98 Å². The fourth-order valence-electron chi connectivity index (χ4n) is 2.39. The lowest BCUT2D eigenvalue weighted by Crippen LogP contribution is -2.14. The summed E-state index contributed by atoms with van der Waals surface area (Å²) in [5, 5.41) is 0. The molecule has 0 aliphatic heterocycles. The standard InChI is InChI=1S/C17H15BrN2O2/c1-2-22-16(21)11-20-15-6-4-3-5-14(15)19-17(20)12-7-9-13(18)10-8-12/h3-10H,2,11H2,1H3. The summed E-state index contributed by atoms with van der Waals surface area (Å²) < 4.78 is 7.98. The molecule has 0 unspecified atom stereocenters. The fraction of sp³-hybridized carbons (Fsp3) is 0.176. The molecule has 0 saturated carbocycles. The number of esters is 1. The Hall–Kier alpha value is -2.14. The van der Waals surface area contributed by atoms with Gasteiger partial charge in [-0.05, 0) is 31.2 Å². The number of carbonyl (C=O) groups is 1. The molecule has 0 radical (unpaired) electrons. The average Bonchev–Trinajstić information content (AvgIpc) is 2.87. The minimum Gasteiger partial charge on any atom is -0.465 e. The monoisotopic (exact) mass is 358 g/mol. The zero-order valence-electron chi connectivity index (χ0n) is 12.1. The molecule has 3 rings (SSSR count). The maximum Gasteiger partial charge on any atom is 0.326 e. The van der Waals surface area contributed by atoms with Gasteiger partial charge in [-0.2, -0.15) is 0 Å². The smallest absolute Gasteiger partial charge is 0.326 e. The van der Waals surface area contributed by atoms with Crippen LogP contribution < -0.4 is 0 Å². The number of halogens is 1. The molecule has 1 aromatic heterocycles. The van der Waals surface area contributed by atoms with Crippen LogP contribution in [0.3, 0.4) is 0 Å². The maximum atomic E-state index is 11.9. The van der Waals surface area contributed by atoms with Gasteiger partial charge < -0.3 is 9.30 Å². The summed E-state index contributed by atoms with van der Waals surface area (Å²) in [6, 6.07) is 15.7. The van der Waals surface area contributed by atoms with E-state index in [1.165, 1.54) is 0 Å². The Labute approximate surface area is 136 Å². The van der Waals surface area contributed by atoms with Crippen LogP contribution >= 0.6 is 15.9 Å². The van der Waals surface area contributed by atoms with Crippen LogP contribution in [0, 0.1) is 0 Å². The molecule has 0 bridgehead atoms. The highest BCUT2D eigenvalue weighted by molar-refractivity contribution is 9.10. The van der Waals surface area contributed by atoms with Crippen molar-refractivity contribution in [3.05, 3.63) is 53.0 Å². The van der Waals surface area contributed by atoms with Crippen LogP contribution in [-0.2, 0) is 16.1 Å². The van der Waals surface area contributed by atoms with E-state index in [1.54, 1.807) is 6.92 Å². The van der Waals surface area contributed by atoms with Crippen molar-refractivity contribution in [2.75, 3.05) is 6.61 Å². The number of para-hydroxylation sites is 2. The molecule has 22 heavy (non-hydrogen) atoms. The Morgan fingerprint density at radius 2 is 1.91 bits per heavy atom. The van der Waals surface area contributed by atoms with Gasteiger partial charge in [0.1, 0.15) is 12.4 Å². The van der Waals surface area contributed by atoms with Gasteiger partial charge in [0.05, 0.1) is 17.6 Å². The lowest BCUT2D eigenvalue weighted by atomic mass is 10.2. The van der Waals surface area contributed by atoms with Gasteiger partial charge in [0.15, 0.2) is 0 Å². The second kappa shape index (κ2) is 6.32. The first-order valence-corrected chi connectivity index (χ1v) is 7.85. The summed E-state index contributed by atoms with van der Waals surface area (Å²) >= 11 is 3.43. The Balaban J connectivity index is 2.11. The first-order valence-electron chi connectivity index (χ1n) is 7.06. The Morgan fingerprint density at radius 3 is 2.64 bits per heavy atom. The molecule has 0 N–H and O–H groups in total. The molecule has 0 fully saturated rings. The van der Waals surface area contributed by atoms with Crippen LogP contribution in [0.4, 0.5) is 0 Å². The van der Waals surface area contributed by atoms with Gasteiger partial charge in [-0.3, -0.25) is 4.79 Å². The Bertz CT molecular complexity index is 809. The van der Waals surface area contributed by atoms with E-state index < -0.39 is 0 Å². The van der Waals surface area contributed by atoms with Crippen LogP contribution in [0.15, 0.2) is 53.0 Å². The number of hydrogen-bond donors (Lipinski definition) is 0. The first kappa shape index (κ1) is 14.8. The number of imidazole rings is 1. The van der Waals surface area contributed by atoms with E-state index in [1.807, 2.05) is 53.1 Å². The third kappa shape index (κ3) is 2.90. The van der Waals surface area contributed by atoms with Gasteiger partial charge >= 0.3 is 5.97 Å². The Morgan fingerprint density at radius 1 is 1.18 bits per heavy atom. The van der Waals surface area contributed by atoms with E-state index in [-0.39, 0.29) is 12.5 Å². The predicted molar refractivity (Wildman–Crippen MR) is 89.5 cm³/mol. The van der Waals surface area contributed by atoms with Crippen LogP contribution in [-0.4, -0.2) is 22.1 Å². The predicted octanol–water partition coefficient (Wildman–Crippen LogP) is 4.03. The number of benzene rings is 2. The van der Waals surface area contributed by atoms with Gasteiger partial charge in [0.2, 0.25) is 0 Å². The van der Waals surface area contributed by atoms with E-state index in [2.05, 4.69) is 20.9 Å². The third-order valence-electron chi connectivity index (χ3n) is 3.35. The van der Waals surface area contributed by atoms with Gasteiger partial charge in [0.25, 0.3) is 0 Å². The number of fused-ring (bicyclic) bond motifs is 1. The van der Waals surface area contributed by atoms with Crippen molar-refractivity contribution in [2.45, 2.75) is 13.5 Å². The molecule has 5 heteroatoms. The zero-order chi connectivity index (χ0) is 15.5. The van der Waals surface area contributed by atoms with E-state index in [0.29, 0.717) is 6.61 Å². The van der Waals surface area contributed by atoms with Gasteiger partial charge in [-0.15, -0.1) is 0 Å². The summed E-state index contributed by atoms with van der Waals surface area (Å²) in [4.78, 5) is 16.6. The summed E-state index contributed by atoms with van der Waals surface area (Å²) in [5.41, 5.74) is 2.75. The summed E-state index contributed by atoms with van der Waals surface area (Å²) in [7, 11) is 0. The topological polar surface area (TPSA) is 44.1 Å². The van der Waals surface area contributed by atoms with Crippen LogP contribution in [0.5, 0.6) is 0 Å². The minimum atomic E-state index is -0.260. The maximum absolute atomic E-state index is 11.9. The molecule has 0 amide bonds. The highest BCUT2D eigenvalue weighted by Gasteiger charge is 2.15. The lowest BCUT2D eigenvalue weighted by molar-refractivity contribution is -0.143. The van der Waals surface area contributed by atoms with Crippen molar-refractivity contribution >= 4 is 32.9 Å². The van der Waals surface area contributed by atoms with Crippen molar-refractivity contribution in [3.63, 3.8) is 0 Å². The molecule has 112 valence electrons. The minimum absolute atomic E-state index is 0.153. The van der Waals surface area contributed by atoms with Crippen LogP contribution in [0.1, 0.15) is 6.92 Å². The molecule has 0 saturated heterocycles. The number of nitrogens with zero attached hydrogens (tertiary/aromatic N) is 2. The molecule has 0 aliphatic carbocycles. The molecule has 4 nitrogen and oxygen atoms in total. The zero-order valence-corrected chi connectivity index (χ0v) is 13.7. The largest absolute Gasteiger partial charge is 0.465 e. The van der Waals surface area contributed by atoms with E-state index >= 15 is 0 Å². The van der Waals surface area contributed by atoms with Crippen molar-refractivity contribution in [1.29, 1.82) is 0 Å². The molecule has 0 spiro atoms. The van der Waals surface area contributed by atoms with E-state index in [4.69, 9.17) is 4.74 Å². The van der Waals surface area contributed by atoms with E-state index in [0.717, 1.165) is 26.9 Å². The van der Waals surface area contributed by atoms with Gasteiger partial charge in [0, 0.05) is 10.0 Å². The number of hydrogen-bond acceptors (Lipinski definition) is 3. The normalized spacial score (nSPS) is 10.8. The van der Waals surface area contributed by atoms with Crippen molar-refractivity contribution in [2.24, 2.45) is 0 Å². The molecular formula is C17H15BrN2O2. The molecule has 0 aliphatic rings. The highest BCUT2D eigenvalue weighted by atomic mass is 79.9. The van der Waals surface area contributed by atoms with Crippen molar-refractivity contribution < 1.29 is 9.53 Å². The molecular weight excluding hydrogens is 344 g/mol. The number of aromatic nitrogens is 2. The summed E-state index contributed by atoms with van der Waals surface area (Å²) in [5.74, 6) is 0.505. The van der Waals surface area contributed by atoms with Crippen LogP contribution in [0.25, 0.3) is 22.4 Å². The van der Waals surface area contributed by atoms with Crippen molar-refractivity contribution in [3.8, 4) is 11.4 Å². The van der Waals surface area contributed by atoms with Crippen molar-refractivity contribution in [1.82, 2.24) is 9.55 Å². The highest BCUT2D eigenvalue weighted by Crippen LogP contribution is 2.26. The van der Waals surface area contributed by atoms with Crippen LogP contribution in [0.2, 0.25) is 0 Å². The second-order valence-electron chi connectivity index (χ2n) is 4.82. The Kier molecular flexibility index (Phi) is 4.24. The molecule has 3 aromatic rings. The number of rotatable bonds is 4. The average molecular weight is 359 g/mol. The third-order valence-corrected chi connectivity index (χ3v) is 3.88. The summed E-state index contributed by atoms with van der Waals surface area (Å²) in [6.07, 6.45) is 0. The van der Waals surface area contributed by atoms with E-state index in [9.17, 15) is 4.79 Å². The molecule has 0 atom stereocenters. The fourth-order valence-corrected chi connectivity index (χ4v) is 2.65. The quantitative estimate of drug-likeness (QED) is 0.661. The van der Waals surface area contributed by atoms with Gasteiger partial charge in [-0.1, -0.05) is 40.2 Å². The molecule has 2 aromatic carbocycles. The second-order valence-corrected chi connectivity index (χ2v) is 5.74. The first-order chi connectivity index (χ1) is 10.7. The molecule has 1 heterocycles. The number of ether oxygens (including phenoxy) is 1.